The Morgan fingerprint density at radius 2 is 2.29 bits per heavy atom. The van der Waals surface area contributed by atoms with E-state index in [-0.39, 0.29) is 5.56 Å². The first-order valence-electron chi connectivity index (χ1n) is 5.04. The maximum Gasteiger partial charge on any atom is 0.266 e. The molecule has 0 saturated heterocycles. The van der Waals surface area contributed by atoms with Crippen LogP contribution in [0.4, 0.5) is 0 Å². The van der Waals surface area contributed by atoms with E-state index in [1.165, 1.54) is 17.4 Å². The van der Waals surface area contributed by atoms with Gasteiger partial charge in [0, 0.05) is 17.0 Å². The second-order valence-electron chi connectivity index (χ2n) is 3.57. The maximum atomic E-state index is 11.4. The van der Waals surface area contributed by atoms with Gasteiger partial charge in [-0.2, -0.15) is 5.26 Å². The van der Waals surface area contributed by atoms with Gasteiger partial charge >= 0.3 is 0 Å². The minimum atomic E-state index is -0.626. The van der Waals surface area contributed by atoms with Crippen LogP contribution in [0, 0.1) is 11.3 Å². The van der Waals surface area contributed by atoms with Gasteiger partial charge in [-0.3, -0.25) is 4.79 Å². The number of thiophene rings is 1. The van der Waals surface area contributed by atoms with Crippen molar-refractivity contribution < 1.29 is 5.11 Å². The quantitative estimate of drug-likeness (QED) is 0.863. The summed E-state index contributed by atoms with van der Waals surface area (Å²) < 4.78 is 0. The summed E-state index contributed by atoms with van der Waals surface area (Å²) >= 11 is 1.47. The average molecular weight is 246 g/mol. The molecule has 1 atom stereocenters. The fraction of sp³-hybridized carbons (Fsp3) is 0.167. The molecule has 0 aliphatic heterocycles. The molecule has 86 valence electrons. The Balaban J connectivity index is 2.18. The molecule has 0 fully saturated rings. The third-order valence-corrected chi connectivity index (χ3v) is 3.35. The third-order valence-electron chi connectivity index (χ3n) is 2.38. The number of hydrogen-bond acceptors (Lipinski definition) is 4. The lowest BCUT2D eigenvalue weighted by molar-refractivity contribution is 0.181. The molecule has 5 heteroatoms. The number of nitriles is 1. The summed E-state index contributed by atoms with van der Waals surface area (Å²) in [4.78, 5) is 14.8. The van der Waals surface area contributed by atoms with Gasteiger partial charge in [-0.15, -0.1) is 11.3 Å². The smallest absolute Gasteiger partial charge is 0.266 e. The topological polar surface area (TPSA) is 76.9 Å². The molecule has 1 unspecified atom stereocenters. The zero-order chi connectivity index (χ0) is 12.3. The van der Waals surface area contributed by atoms with Gasteiger partial charge in [-0.05, 0) is 23.6 Å². The van der Waals surface area contributed by atoms with Crippen LogP contribution in [0.5, 0.6) is 0 Å². The third kappa shape index (κ3) is 2.61. The van der Waals surface area contributed by atoms with E-state index in [9.17, 15) is 9.90 Å². The Labute approximate surface area is 102 Å². The fourth-order valence-corrected chi connectivity index (χ4v) is 2.22. The van der Waals surface area contributed by atoms with Crippen molar-refractivity contribution in [3.8, 4) is 6.07 Å². The maximum absolute atomic E-state index is 11.4. The van der Waals surface area contributed by atoms with Gasteiger partial charge in [0.05, 0.1) is 6.10 Å². The van der Waals surface area contributed by atoms with Gasteiger partial charge < -0.3 is 10.1 Å². The highest BCUT2D eigenvalue weighted by atomic mass is 32.1. The number of hydrogen-bond donors (Lipinski definition) is 2. The summed E-state index contributed by atoms with van der Waals surface area (Å²) in [5, 5.41) is 20.4. The standard InChI is InChI=1S/C12H10N2O2S/c13-7-8-3-4-9(14-12(8)16)6-10(15)11-2-1-5-17-11/h1-5,10,15H,6H2,(H,14,16). The van der Waals surface area contributed by atoms with Crippen LogP contribution in [0.25, 0.3) is 0 Å². The molecular formula is C12H10N2O2S. The van der Waals surface area contributed by atoms with Crippen molar-refractivity contribution in [2.24, 2.45) is 0 Å². The largest absolute Gasteiger partial charge is 0.387 e. The number of nitrogens with zero attached hydrogens (tertiary/aromatic N) is 1. The van der Waals surface area contributed by atoms with E-state index in [0.717, 1.165) is 4.88 Å². The normalized spacial score (nSPS) is 12.0. The predicted molar refractivity (Wildman–Crippen MR) is 64.8 cm³/mol. The van der Waals surface area contributed by atoms with E-state index >= 15 is 0 Å². The van der Waals surface area contributed by atoms with Crippen molar-refractivity contribution in [3.63, 3.8) is 0 Å². The lowest BCUT2D eigenvalue weighted by atomic mass is 10.1. The molecule has 17 heavy (non-hydrogen) atoms. The monoisotopic (exact) mass is 246 g/mol. The summed E-state index contributed by atoms with van der Waals surface area (Å²) in [6.45, 7) is 0. The molecule has 2 rings (SSSR count). The first-order chi connectivity index (χ1) is 8.20. The highest BCUT2D eigenvalue weighted by molar-refractivity contribution is 7.10. The van der Waals surface area contributed by atoms with E-state index in [4.69, 9.17) is 5.26 Å². The summed E-state index contributed by atoms with van der Waals surface area (Å²) in [6.07, 6.45) is -0.292. The zero-order valence-corrected chi connectivity index (χ0v) is 9.70. The minimum Gasteiger partial charge on any atom is -0.387 e. The molecule has 0 aliphatic carbocycles. The molecule has 0 saturated carbocycles. The zero-order valence-electron chi connectivity index (χ0n) is 8.88. The average Bonchev–Trinajstić information content (AvgIpc) is 2.82. The van der Waals surface area contributed by atoms with Crippen molar-refractivity contribution in [2.75, 3.05) is 0 Å². The molecular weight excluding hydrogens is 236 g/mol. The van der Waals surface area contributed by atoms with E-state index in [2.05, 4.69) is 4.98 Å². The lowest BCUT2D eigenvalue weighted by Gasteiger charge is -2.08. The second-order valence-corrected chi connectivity index (χ2v) is 4.55. The summed E-state index contributed by atoms with van der Waals surface area (Å²) in [7, 11) is 0. The Bertz CT molecular complexity index is 596. The molecule has 4 nitrogen and oxygen atoms in total. The van der Waals surface area contributed by atoms with Crippen molar-refractivity contribution in [1.29, 1.82) is 5.26 Å². The first-order valence-corrected chi connectivity index (χ1v) is 5.92. The fourth-order valence-electron chi connectivity index (χ4n) is 1.51. The molecule has 0 amide bonds. The number of aliphatic hydroxyl groups excluding tert-OH is 1. The van der Waals surface area contributed by atoms with Crippen LogP contribution in [-0.2, 0) is 6.42 Å². The predicted octanol–water partition coefficient (Wildman–Crippen LogP) is 1.58. The highest BCUT2D eigenvalue weighted by Crippen LogP contribution is 2.21. The molecule has 2 aromatic heterocycles. The van der Waals surface area contributed by atoms with E-state index in [1.807, 2.05) is 17.5 Å². The van der Waals surface area contributed by atoms with Crippen LogP contribution in [-0.4, -0.2) is 10.1 Å². The minimum absolute atomic E-state index is 0.0827. The number of aromatic nitrogens is 1. The molecule has 0 spiro atoms. The molecule has 2 heterocycles. The highest BCUT2D eigenvalue weighted by Gasteiger charge is 2.10. The number of aliphatic hydroxyl groups is 1. The number of H-pyrrole nitrogens is 1. The summed E-state index contributed by atoms with van der Waals surface area (Å²) in [5.74, 6) is 0. The van der Waals surface area contributed by atoms with Gasteiger partial charge in [0.15, 0.2) is 0 Å². The Kier molecular flexibility index (Phi) is 3.38. The number of nitrogens with one attached hydrogen (secondary N) is 1. The molecule has 0 bridgehead atoms. The van der Waals surface area contributed by atoms with Crippen molar-refractivity contribution >= 4 is 11.3 Å². The summed E-state index contributed by atoms with van der Waals surface area (Å²) in [6, 6.07) is 8.63. The van der Waals surface area contributed by atoms with Gasteiger partial charge in [-0.1, -0.05) is 6.07 Å². The van der Waals surface area contributed by atoms with Crippen molar-refractivity contribution in [3.05, 3.63) is 56.1 Å². The van der Waals surface area contributed by atoms with E-state index in [0.29, 0.717) is 12.1 Å². The number of pyridine rings is 1. The van der Waals surface area contributed by atoms with Crippen LogP contribution < -0.4 is 5.56 Å². The Morgan fingerprint density at radius 3 is 2.88 bits per heavy atom. The number of aromatic amines is 1. The molecule has 2 aromatic rings. The Morgan fingerprint density at radius 1 is 1.47 bits per heavy atom. The first kappa shape index (κ1) is 11.6. The van der Waals surface area contributed by atoms with Gasteiger partial charge in [0.2, 0.25) is 0 Å². The SMILES string of the molecule is N#Cc1ccc(CC(O)c2cccs2)[nH]c1=O. The molecule has 0 aliphatic rings. The second kappa shape index (κ2) is 4.95. The van der Waals surface area contributed by atoms with E-state index in [1.54, 1.807) is 12.1 Å². The number of rotatable bonds is 3. The molecule has 0 radical (unpaired) electrons. The van der Waals surface area contributed by atoms with Crippen molar-refractivity contribution in [1.82, 2.24) is 4.98 Å². The van der Waals surface area contributed by atoms with Crippen LogP contribution in [0.15, 0.2) is 34.4 Å². The van der Waals surface area contributed by atoms with Gasteiger partial charge in [-0.25, -0.2) is 0 Å². The molecule has 0 aromatic carbocycles. The van der Waals surface area contributed by atoms with Gasteiger partial charge in [0.1, 0.15) is 11.6 Å². The van der Waals surface area contributed by atoms with Crippen LogP contribution >= 0.6 is 11.3 Å². The molecule has 2 N–H and O–H groups in total. The van der Waals surface area contributed by atoms with Crippen LogP contribution in [0.2, 0.25) is 0 Å². The summed E-state index contributed by atoms with van der Waals surface area (Å²) in [5.41, 5.74) is 0.289. The van der Waals surface area contributed by atoms with Gasteiger partial charge in [0.25, 0.3) is 5.56 Å². The van der Waals surface area contributed by atoms with Crippen LogP contribution in [0.3, 0.4) is 0 Å². The Hall–Kier alpha value is -1.90. The lowest BCUT2D eigenvalue weighted by Crippen LogP contribution is -2.13. The van der Waals surface area contributed by atoms with E-state index < -0.39 is 11.7 Å². The van der Waals surface area contributed by atoms with Crippen molar-refractivity contribution in [2.45, 2.75) is 12.5 Å². The van der Waals surface area contributed by atoms with Crippen LogP contribution in [0.1, 0.15) is 22.2 Å².